The van der Waals surface area contributed by atoms with Crippen LogP contribution in [0.3, 0.4) is 0 Å². The number of nitrogens with zero attached hydrogens (tertiary/aromatic N) is 4. The third-order valence-corrected chi connectivity index (χ3v) is 4.21. The summed E-state index contributed by atoms with van der Waals surface area (Å²) in [6.45, 7) is 3.67. The van der Waals surface area contributed by atoms with Crippen molar-refractivity contribution >= 4 is 11.7 Å². The fourth-order valence-electron chi connectivity index (χ4n) is 2.85. The average molecular weight is 299 g/mol. The van der Waals surface area contributed by atoms with Crippen LogP contribution in [0.15, 0.2) is 30.9 Å². The lowest BCUT2D eigenvalue weighted by molar-refractivity contribution is 0.207. The van der Waals surface area contributed by atoms with Crippen LogP contribution in [0.4, 0.5) is 10.5 Å². The van der Waals surface area contributed by atoms with Gasteiger partial charge in [-0.05, 0) is 30.9 Å². The number of urea groups is 1. The number of hydrogen-bond donors (Lipinski definition) is 1. The second-order valence-corrected chi connectivity index (χ2v) is 5.90. The van der Waals surface area contributed by atoms with E-state index in [1.165, 1.54) is 0 Å². The van der Waals surface area contributed by atoms with Gasteiger partial charge in [-0.3, -0.25) is 4.98 Å². The lowest BCUT2D eigenvalue weighted by Crippen LogP contribution is -2.37. The predicted molar refractivity (Wildman–Crippen MR) is 84.7 cm³/mol. The average Bonchev–Trinajstić information content (AvgIpc) is 2.97. The Morgan fingerprint density at radius 3 is 3.18 bits per heavy atom. The molecule has 6 heteroatoms. The van der Waals surface area contributed by atoms with E-state index in [0.717, 1.165) is 43.0 Å². The number of rotatable bonds is 3. The number of fused-ring (bicyclic) bond motifs is 1. The SMILES string of the molecule is Cc1ccncc1NC(=O)N(C)C[C@H]1CCn2ccnc2C1. The van der Waals surface area contributed by atoms with Crippen LogP contribution in [-0.2, 0) is 13.0 Å². The van der Waals surface area contributed by atoms with E-state index in [1.54, 1.807) is 17.3 Å². The van der Waals surface area contributed by atoms with E-state index < -0.39 is 0 Å². The van der Waals surface area contributed by atoms with Crippen molar-refractivity contribution in [3.8, 4) is 0 Å². The van der Waals surface area contributed by atoms with Gasteiger partial charge < -0.3 is 14.8 Å². The first kappa shape index (κ1) is 14.6. The zero-order chi connectivity index (χ0) is 15.5. The molecule has 6 nitrogen and oxygen atoms in total. The summed E-state index contributed by atoms with van der Waals surface area (Å²) < 4.78 is 2.19. The molecule has 1 N–H and O–H groups in total. The Balaban J connectivity index is 1.57. The van der Waals surface area contributed by atoms with Gasteiger partial charge in [-0.1, -0.05) is 0 Å². The van der Waals surface area contributed by atoms with Gasteiger partial charge in [-0.25, -0.2) is 9.78 Å². The van der Waals surface area contributed by atoms with Crippen LogP contribution < -0.4 is 5.32 Å². The van der Waals surface area contributed by atoms with Crippen molar-refractivity contribution in [2.75, 3.05) is 18.9 Å². The lowest BCUT2D eigenvalue weighted by Gasteiger charge is -2.28. The number of aryl methyl sites for hydroxylation is 2. The zero-order valence-electron chi connectivity index (χ0n) is 13.0. The molecule has 1 atom stereocenters. The van der Waals surface area contributed by atoms with Crippen molar-refractivity contribution in [1.82, 2.24) is 19.4 Å². The van der Waals surface area contributed by atoms with Crippen LogP contribution >= 0.6 is 0 Å². The van der Waals surface area contributed by atoms with Crippen LogP contribution in [0.1, 0.15) is 17.8 Å². The van der Waals surface area contributed by atoms with E-state index in [1.807, 2.05) is 32.4 Å². The van der Waals surface area contributed by atoms with Gasteiger partial charge in [-0.15, -0.1) is 0 Å². The Hall–Kier alpha value is -2.37. The highest BCUT2D eigenvalue weighted by Gasteiger charge is 2.22. The molecule has 0 spiro atoms. The Kier molecular flexibility index (Phi) is 4.09. The molecule has 2 aromatic heterocycles. The summed E-state index contributed by atoms with van der Waals surface area (Å²) >= 11 is 0. The first-order valence-corrected chi connectivity index (χ1v) is 7.56. The third-order valence-electron chi connectivity index (χ3n) is 4.21. The Morgan fingerprint density at radius 2 is 2.36 bits per heavy atom. The minimum Gasteiger partial charge on any atom is -0.335 e. The minimum absolute atomic E-state index is 0.0926. The fourth-order valence-corrected chi connectivity index (χ4v) is 2.85. The molecule has 22 heavy (non-hydrogen) atoms. The first-order valence-electron chi connectivity index (χ1n) is 7.56. The van der Waals surface area contributed by atoms with Gasteiger partial charge in [0, 0.05) is 45.1 Å². The molecule has 0 aliphatic carbocycles. The number of amides is 2. The van der Waals surface area contributed by atoms with Crippen molar-refractivity contribution in [2.24, 2.45) is 5.92 Å². The normalized spacial score (nSPS) is 16.9. The van der Waals surface area contributed by atoms with Crippen molar-refractivity contribution in [3.63, 3.8) is 0 Å². The second-order valence-electron chi connectivity index (χ2n) is 5.90. The van der Waals surface area contributed by atoms with Crippen molar-refractivity contribution in [1.29, 1.82) is 0 Å². The van der Waals surface area contributed by atoms with Gasteiger partial charge in [-0.2, -0.15) is 0 Å². The van der Waals surface area contributed by atoms with Gasteiger partial charge in [0.05, 0.1) is 11.9 Å². The van der Waals surface area contributed by atoms with Gasteiger partial charge in [0.25, 0.3) is 0 Å². The molecule has 0 bridgehead atoms. The van der Waals surface area contributed by atoms with Crippen LogP contribution in [-0.4, -0.2) is 39.1 Å². The van der Waals surface area contributed by atoms with E-state index >= 15 is 0 Å². The molecule has 1 aliphatic heterocycles. The topological polar surface area (TPSA) is 63.1 Å². The summed E-state index contributed by atoms with van der Waals surface area (Å²) in [6.07, 6.45) is 9.27. The van der Waals surface area contributed by atoms with E-state index in [0.29, 0.717) is 5.92 Å². The number of imidazole rings is 1. The second kappa shape index (κ2) is 6.17. The highest BCUT2D eigenvalue weighted by Crippen LogP contribution is 2.20. The van der Waals surface area contributed by atoms with E-state index in [2.05, 4.69) is 19.9 Å². The summed E-state index contributed by atoms with van der Waals surface area (Å²) in [5.74, 6) is 1.58. The number of nitrogens with one attached hydrogen (secondary N) is 1. The number of aromatic nitrogens is 3. The molecule has 0 saturated carbocycles. The fraction of sp³-hybridized carbons (Fsp3) is 0.438. The Bertz CT molecular complexity index is 666. The number of carbonyl (C=O) groups excluding carboxylic acids is 1. The number of hydrogen-bond acceptors (Lipinski definition) is 3. The highest BCUT2D eigenvalue weighted by molar-refractivity contribution is 5.89. The molecule has 1 aliphatic rings. The summed E-state index contributed by atoms with van der Waals surface area (Å²) in [6, 6.07) is 1.79. The maximum Gasteiger partial charge on any atom is 0.321 e. The number of anilines is 1. The Morgan fingerprint density at radius 1 is 1.50 bits per heavy atom. The monoisotopic (exact) mass is 299 g/mol. The maximum absolute atomic E-state index is 12.3. The molecule has 0 saturated heterocycles. The molecule has 3 rings (SSSR count). The standard InChI is InChI=1S/C16H21N5O/c1-12-3-5-17-10-14(12)19-16(22)20(2)11-13-4-7-21-8-6-18-15(21)9-13/h3,5-6,8,10,13H,4,7,9,11H2,1-2H3,(H,19,22)/t13-/m0/s1. The lowest BCUT2D eigenvalue weighted by atomic mass is 9.97. The molecule has 0 aromatic carbocycles. The molecule has 116 valence electrons. The summed E-state index contributed by atoms with van der Waals surface area (Å²) in [7, 11) is 1.84. The van der Waals surface area contributed by atoms with Crippen LogP contribution in [0.5, 0.6) is 0 Å². The van der Waals surface area contributed by atoms with E-state index in [4.69, 9.17) is 0 Å². The molecule has 0 unspecified atom stereocenters. The summed E-state index contributed by atoms with van der Waals surface area (Å²) in [5.41, 5.74) is 1.77. The number of carbonyl (C=O) groups is 1. The minimum atomic E-state index is -0.0926. The van der Waals surface area contributed by atoms with E-state index in [-0.39, 0.29) is 6.03 Å². The van der Waals surface area contributed by atoms with Gasteiger partial charge in [0.15, 0.2) is 0 Å². The largest absolute Gasteiger partial charge is 0.335 e. The van der Waals surface area contributed by atoms with Gasteiger partial charge in [0.2, 0.25) is 0 Å². The molecule has 3 heterocycles. The maximum atomic E-state index is 12.3. The molecule has 0 radical (unpaired) electrons. The molecule has 2 aromatic rings. The smallest absolute Gasteiger partial charge is 0.321 e. The van der Waals surface area contributed by atoms with Crippen molar-refractivity contribution < 1.29 is 4.79 Å². The third kappa shape index (κ3) is 3.10. The molecular weight excluding hydrogens is 278 g/mol. The first-order chi connectivity index (χ1) is 10.6. The quantitative estimate of drug-likeness (QED) is 0.946. The van der Waals surface area contributed by atoms with Gasteiger partial charge in [0.1, 0.15) is 5.82 Å². The predicted octanol–water partition coefficient (Wildman–Crippen LogP) is 2.31. The molecule has 2 amide bonds. The van der Waals surface area contributed by atoms with Crippen LogP contribution in [0, 0.1) is 12.8 Å². The summed E-state index contributed by atoms with van der Waals surface area (Å²) in [5, 5.41) is 2.92. The van der Waals surface area contributed by atoms with E-state index in [9.17, 15) is 4.79 Å². The van der Waals surface area contributed by atoms with Crippen LogP contribution in [0.2, 0.25) is 0 Å². The van der Waals surface area contributed by atoms with Crippen molar-refractivity contribution in [2.45, 2.75) is 26.3 Å². The number of pyridine rings is 1. The molecular formula is C16H21N5O. The Labute approximate surface area is 130 Å². The molecule has 0 fully saturated rings. The van der Waals surface area contributed by atoms with Crippen LogP contribution in [0.25, 0.3) is 0 Å². The summed E-state index contributed by atoms with van der Waals surface area (Å²) in [4.78, 5) is 22.5. The van der Waals surface area contributed by atoms with Gasteiger partial charge >= 0.3 is 6.03 Å². The van der Waals surface area contributed by atoms with Crippen molar-refractivity contribution in [3.05, 3.63) is 42.2 Å². The highest BCUT2D eigenvalue weighted by atomic mass is 16.2. The zero-order valence-corrected chi connectivity index (χ0v) is 13.0.